The van der Waals surface area contributed by atoms with Gasteiger partial charge in [0.25, 0.3) is 0 Å². The number of amides is 1. The molecule has 140 valence electrons. The predicted octanol–water partition coefficient (Wildman–Crippen LogP) is 3.70. The summed E-state index contributed by atoms with van der Waals surface area (Å²) in [5.74, 6) is 0.303. The molecule has 1 N–H and O–H groups in total. The topological polar surface area (TPSA) is 44.8 Å². The van der Waals surface area contributed by atoms with Gasteiger partial charge in [-0.1, -0.05) is 34.1 Å². The van der Waals surface area contributed by atoms with Crippen molar-refractivity contribution in [1.82, 2.24) is 10.2 Å². The number of hydrogen-bond donors (Lipinski definition) is 1. The second-order valence-corrected chi connectivity index (χ2v) is 8.45. The Kier molecular flexibility index (Phi) is 4.39. The van der Waals surface area contributed by atoms with Gasteiger partial charge in [-0.25, -0.2) is 0 Å². The number of carbonyl (C=O) groups excluding carboxylic acids is 1. The zero-order chi connectivity index (χ0) is 19.3. The third kappa shape index (κ3) is 2.80. The molecular formula is C20H20BrN3O2S. The Morgan fingerprint density at radius 1 is 1.22 bits per heavy atom. The van der Waals surface area contributed by atoms with Crippen molar-refractivity contribution < 1.29 is 9.53 Å². The molecule has 27 heavy (non-hydrogen) atoms. The molecule has 2 aliphatic rings. The lowest BCUT2D eigenvalue weighted by Crippen LogP contribution is -2.72. The number of nitrogens with one attached hydrogen (secondary N) is 1. The van der Waals surface area contributed by atoms with Crippen LogP contribution in [0.2, 0.25) is 0 Å². The smallest absolute Gasteiger partial charge is 0.233 e. The third-order valence-electron chi connectivity index (χ3n) is 5.20. The van der Waals surface area contributed by atoms with Crippen molar-refractivity contribution in [3.63, 3.8) is 0 Å². The average Bonchev–Trinajstić information content (AvgIpc) is 2.62. The zero-order valence-corrected chi connectivity index (χ0v) is 17.7. The first kappa shape index (κ1) is 18.3. The van der Waals surface area contributed by atoms with Crippen LogP contribution in [-0.4, -0.2) is 35.7 Å². The molecule has 1 saturated heterocycles. The van der Waals surface area contributed by atoms with Crippen LogP contribution in [0.5, 0.6) is 5.75 Å². The summed E-state index contributed by atoms with van der Waals surface area (Å²) in [6, 6.07) is 15.4. The highest BCUT2D eigenvalue weighted by Crippen LogP contribution is 2.49. The van der Waals surface area contributed by atoms with E-state index in [4.69, 9.17) is 17.0 Å². The number of benzene rings is 2. The van der Waals surface area contributed by atoms with E-state index in [9.17, 15) is 4.79 Å². The Morgan fingerprint density at radius 3 is 2.56 bits per heavy atom. The first-order valence-corrected chi connectivity index (χ1v) is 9.88. The van der Waals surface area contributed by atoms with Crippen LogP contribution in [0.25, 0.3) is 0 Å². The number of rotatable bonds is 2. The van der Waals surface area contributed by atoms with Gasteiger partial charge in [-0.15, -0.1) is 0 Å². The fourth-order valence-corrected chi connectivity index (χ4v) is 4.64. The van der Waals surface area contributed by atoms with Gasteiger partial charge in [-0.2, -0.15) is 0 Å². The summed E-state index contributed by atoms with van der Waals surface area (Å²) in [4.78, 5) is 16.7. The molecule has 0 aliphatic carbocycles. The van der Waals surface area contributed by atoms with Crippen molar-refractivity contribution in [2.75, 3.05) is 19.0 Å². The molecular weight excluding hydrogens is 426 g/mol. The van der Waals surface area contributed by atoms with Gasteiger partial charge >= 0.3 is 0 Å². The van der Waals surface area contributed by atoms with Crippen molar-refractivity contribution in [3.05, 3.63) is 58.6 Å². The number of para-hydroxylation sites is 1. The molecule has 4 rings (SSSR count). The zero-order valence-electron chi connectivity index (χ0n) is 15.3. The number of halogens is 1. The molecule has 2 aromatic carbocycles. The molecule has 2 aliphatic heterocycles. The Labute approximate surface area is 172 Å². The highest BCUT2D eigenvalue weighted by Gasteiger charge is 2.59. The molecule has 7 heteroatoms. The van der Waals surface area contributed by atoms with E-state index in [2.05, 4.69) is 21.2 Å². The molecule has 0 radical (unpaired) electrons. The molecule has 0 unspecified atom stereocenters. The molecule has 2 aromatic rings. The molecule has 0 spiro atoms. The Hall–Kier alpha value is -2.12. The number of ether oxygens (including phenoxy) is 1. The van der Waals surface area contributed by atoms with E-state index >= 15 is 0 Å². The van der Waals surface area contributed by atoms with Crippen molar-refractivity contribution in [2.24, 2.45) is 5.92 Å². The maximum absolute atomic E-state index is 13.2. The van der Waals surface area contributed by atoms with Gasteiger partial charge in [0, 0.05) is 29.8 Å². The summed E-state index contributed by atoms with van der Waals surface area (Å²) < 4.78 is 7.45. The summed E-state index contributed by atoms with van der Waals surface area (Å²) in [6.45, 7) is 1.94. The number of nitrogens with zero attached hydrogens (tertiary/aromatic N) is 2. The molecule has 2 heterocycles. The lowest BCUT2D eigenvalue weighted by molar-refractivity contribution is -0.144. The lowest BCUT2D eigenvalue weighted by Gasteiger charge is -2.56. The molecule has 5 nitrogen and oxygen atoms in total. The van der Waals surface area contributed by atoms with Crippen LogP contribution in [0.15, 0.2) is 53.0 Å². The van der Waals surface area contributed by atoms with Crippen LogP contribution in [0, 0.1) is 5.92 Å². The highest BCUT2D eigenvalue weighted by molar-refractivity contribution is 9.10. The first-order chi connectivity index (χ1) is 12.8. The Morgan fingerprint density at radius 2 is 1.89 bits per heavy atom. The summed E-state index contributed by atoms with van der Waals surface area (Å²) in [5.41, 5.74) is 0.872. The van der Waals surface area contributed by atoms with Gasteiger partial charge in [0.1, 0.15) is 11.7 Å². The van der Waals surface area contributed by atoms with Gasteiger partial charge in [0.05, 0.1) is 6.04 Å². The molecule has 3 atom stereocenters. The monoisotopic (exact) mass is 445 g/mol. The molecule has 0 aromatic heterocycles. The van der Waals surface area contributed by atoms with E-state index in [1.165, 1.54) is 0 Å². The third-order valence-corrected chi connectivity index (χ3v) is 6.03. The number of hydrogen-bond acceptors (Lipinski definition) is 3. The number of carbonyl (C=O) groups is 1. The highest BCUT2D eigenvalue weighted by atomic mass is 79.9. The quantitative estimate of drug-likeness (QED) is 0.713. The van der Waals surface area contributed by atoms with Crippen LogP contribution in [-0.2, 0) is 4.79 Å². The second kappa shape index (κ2) is 6.49. The van der Waals surface area contributed by atoms with Crippen LogP contribution in [0.4, 0.5) is 5.69 Å². The van der Waals surface area contributed by atoms with E-state index < -0.39 is 11.6 Å². The maximum Gasteiger partial charge on any atom is 0.233 e. The number of fused-ring (bicyclic) bond motifs is 4. The summed E-state index contributed by atoms with van der Waals surface area (Å²) >= 11 is 9.17. The number of thiocarbonyl (C=S) groups is 1. The van der Waals surface area contributed by atoms with E-state index in [0.717, 1.165) is 21.5 Å². The van der Waals surface area contributed by atoms with Gasteiger partial charge in [-0.3, -0.25) is 9.69 Å². The van der Waals surface area contributed by atoms with Crippen LogP contribution < -0.4 is 15.0 Å². The van der Waals surface area contributed by atoms with E-state index in [0.29, 0.717) is 5.11 Å². The van der Waals surface area contributed by atoms with Crippen molar-refractivity contribution >= 4 is 44.9 Å². The summed E-state index contributed by atoms with van der Waals surface area (Å²) in [6.07, 6.45) is 0. The Bertz CT molecular complexity index is 918. The minimum Gasteiger partial charge on any atom is -0.467 e. The molecule has 0 saturated carbocycles. The summed E-state index contributed by atoms with van der Waals surface area (Å²) in [5, 5.41) is 3.94. The van der Waals surface area contributed by atoms with Gasteiger partial charge in [0.15, 0.2) is 10.8 Å². The van der Waals surface area contributed by atoms with E-state index in [-0.39, 0.29) is 11.9 Å². The SMILES string of the molecule is CN(C)C(=O)[C@@H]1[C@H]2NC(=S)N(c3ccc(Br)cc3)[C@@]1(C)Oc1ccccc12. The van der Waals surface area contributed by atoms with Gasteiger partial charge in [-0.05, 0) is 49.5 Å². The van der Waals surface area contributed by atoms with Crippen LogP contribution in [0.1, 0.15) is 18.5 Å². The maximum atomic E-state index is 13.2. The Balaban J connectivity index is 1.90. The van der Waals surface area contributed by atoms with Gasteiger partial charge in [0.2, 0.25) is 5.91 Å². The van der Waals surface area contributed by atoms with Gasteiger partial charge < -0.3 is 15.0 Å². The second-order valence-electron chi connectivity index (χ2n) is 7.14. The van der Waals surface area contributed by atoms with Crippen molar-refractivity contribution in [3.8, 4) is 5.75 Å². The fourth-order valence-electron chi connectivity index (χ4n) is 3.96. The largest absolute Gasteiger partial charge is 0.467 e. The molecule has 2 bridgehead atoms. The summed E-state index contributed by atoms with van der Waals surface area (Å²) in [7, 11) is 3.54. The molecule has 1 fully saturated rings. The average molecular weight is 446 g/mol. The lowest BCUT2D eigenvalue weighted by atomic mass is 9.78. The van der Waals surface area contributed by atoms with Crippen LogP contribution in [0.3, 0.4) is 0 Å². The van der Waals surface area contributed by atoms with E-state index in [1.54, 1.807) is 19.0 Å². The first-order valence-electron chi connectivity index (χ1n) is 8.68. The molecule has 1 amide bonds. The van der Waals surface area contributed by atoms with Crippen molar-refractivity contribution in [1.29, 1.82) is 0 Å². The predicted molar refractivity (Wildman–Crippen MR) is 113 cm³/mol. The van der Waals surface area contributed by atoms with E-state index in [1.807, 2.05) is 60.4 Å². The standard InChI is InChI=1S/C20H20BrN3O2S/c1-20-16(18(25)23(2)3)17(14-6-4-5-7-15(14)26-20)22-19(27)24(20)13-10-8-12(21)9-11-13/h4-11,16-17H,1-3H3,(H,22,27)/t16-,17-,20-/m0/s1. The normalized spacial score (nSPS) is 25.9. The minimum absolute atomic E-state index is 0.00545. The van der Waals surface area contributed by atoms with Crippen LogP contribution >= 0.6 is 28.1 Å². The minimum atomic E-state index is -0.948. The fraction of sp³-hybridized carbons (Fsp3) is 0.300. The van der Waals surface area contributed by atoms with Crippen molar-refractivity contribution in [2.45, 2.75) is 18.7 Å². The number of anilines is 1.